The summed E-state index contributed by atoms with van der Waals surface area (Å²) in [7, 11) is 0. The van der Waals surface area contributed by atoms with Crippen molar-refractivity contribution in [3.63, 3.8) is 0 Å². The molecule has 1 unspecified atom stereocenters. The van der Waals surface area contributed by atoms with E-state index < -0.39 is 12.1 Å². The van der Waals surface area contributed by atoms with Gasteiger partial charge < -0.3 is 20.7 Å². The molecule has 3 N–H and O–H groups in total. The molecular weight excluding hydrogens is 437 g/mol. The van der Waals surface area contributed by atoms with Gasteiger partial charge in [0.1, 0.15) is 0 Å². The van der Waals surface area contributed by atoms with Crippen molar-refractivity contribution in [2.75, 3.05) is 25.6 Å². The van der Waals surface area contributed by atoms with Gasteiger partial charge in [-0.1, -0.05) is 54.1 Å². The van der Waals surface area contributed by atoms with Crippen LogP contribution in [0, 0.1) is 0 Å². The molecular formula is C23H25Cl2N3O3. The summed E-state index contributed by atoms with van der Waals surface area (Å²) in [6.07, 6.45) is 1.65. The average molecular weight is 462 g/mol. The highest BCUT2D eigenvalue weighted by Crippen LogP contribution is 2.28. The number of hydrogen-bond donors (Lipinski definition) is 3. The van der Waals surface area contributed by atoms with Crippen molar-refractivity contribution in [3.8, 4) is 0 Å². The molecule has 0 aromatic heterocycles. The minimum Gasteiger partial charge on any atom is -0.374 e. The SMILES string of the molecule is O=C1NC(COCCCl)=C(C(=O)NCCCc2ccccc2)C(c2cccc(Cl)c2)N1. The number of ether oxygens (including phenoxy) is 1. The Morgan fingerprint density at radius 3 is 2.68 bits per heavy atom. The van der Waals surface area contributed by atoms with Crippen LogP contribution in [0.4, 0.5) is 4.79 Å². The molecule has 1 aliphatic rings. The second-order valence-corrected chi connectivity index (χ2v) is 7.88. The Balaban J connectivity index is 1.76. The third kappa shape index (κ3) is 6.72. The molecule has 0 fully saturated rings. The summed E-state index contributed by atoms with van der Waals surface area (Å²) in [6, 6.07) is 16.1. The monoisotopic (exact) mass is 461 g/mol. The Hall–Kier alpha value is -2.54. The molecule has 0 aliphatic carbocycles. The molecule has 164 valence electrons. The number of urea groups is 1. The average Bonchev–Trinajstić information content (AvgIpc) is 2.77. The molecule has 31 heavy (non-hydrogen) atoms. The number of benzene rings is 2. The first-order chi connectivity index (χ1) is 15.1. The van der Waals surface area contributed by atoms with Crippen LogP contribution >= 0.6 is 23.2 Å². The first-order valence-corrected chi connectivity index (χ1v) is 11.0. The van der Waals surface area contributed by atoms with E-state index in [9.17, 15) is 9.59 Å². The van der Waals surface area contributed by atoms with Crippen molar-refractivity contribution in [2.24, 2.45) is 0 Å². The molecule has 0 saturated carbocycles. The summed E-state index contributed by atoms with van der Waals surface area (Å²) in [6.45, 7) is 0.884. The molecule has 0 radical (unpaired) electrons. The van der Waals surface area contributed by atoms with Gasteiger partial charge in [0.05, 0.1) is 30.5 Å². The van der Waals surface area contributed by atoms with Crippen molar-refractivity contribution in [1.82, 2.24) is 16.0 Å². The zero-order valence-corrected chi connectivity index (χ0v) is 18.5. The molecule has 3 amide bonds. The van der Waals surface area contributed by atoms with Gasteiger partial charge in [0, 0.05) is 17.4 Å². The van der Waals surface area contributed by atoms with E-state index in [-0.39, 0.29) is 12.5 Å². The molecule has 0 saturated heterocycles. The van der Waals surface area contributed by atoms with E-state index in [1.54, 1.807) is 18.2 Å². The quantitative estimate of drug-likeness (QED) is 0.370. The van der Waals surface area contributed by atoms with E-state index in [4.69, 9.17) is 27.9 Å². The van der Waals surface area contributed by atoms with Crippen molar-refractivity contribution in [3.05, 3.63) is 82.0 Å². The summed E-state index contributed by atoms with van der Waals surface area (Å²) in [5.41, 5.74) is 2.75. The van der Waals surface area contributed by atoms with Crippen LogP contribution in [0.2, 0.25) is 5.02 Å². The van der Waals surface area contributed by atoms with Gasteiger partial charge in [-0.05, 0) is 36.1 Å². The minimum atomic E-state index is -0.642. The fourth-order valence-electron chi connectivity index (χ4n) is 3.40. The van der Waals surface area contributed by atoms with Crippen molar-refractivity contribution < 1.29 is 14.3 Å². The maximum absolute atomic E-state index is 13.2. The van der Waals surface area contributed by atoms with Crippen LogP contribution in [-0.4, -0.2) is 37.6 Å². The van der Waals surface area contributed by atoms with Gasteiger partial charge in [0.2, 0.25) is 0 Å². The zero-order valence-electron chi connectivity index (χ0n) is 17.0. The van der Waals surface area contributed by atoms with E-state index >= 15 is 0 Å². The lowest BCUT2D eigenvalue weighted by Gasteiger charge is -2.30. The first kappa shape index (κ1) is 23.1. The molecule has 2 aromatic rings. The lowest BCUT2D eigenvalue weighted by atomic mass is 9.94. The molecule has 6 nitrogen and oxygen atoms in total. The van der Waals surface area contributed by atoms with Gasteiger partial charge in [-0.3, -0.25) is 4.79 Å². The van der Waals surface area contributed by atoms with Gasteiger partial charge >= 0.3 is 6.03 Å². The Morgan fingerprint density at radius 2 is 1.94 bits per heavy atom. The molecule has 1 heterocycles. The third-order valence-electron chi connectivity index (χ3n) is 4.82. The molecule has 1 atom stereocenters. The zero-order chi connectivity index (χ0) is 22.1. The number of nitrogens with one attached hydrogen (secondary N) is 3. The second-order valence-electron chi connectivity index (χ2n) is 7.07. The highest BCUT2D eigenvalue weighted by atomic mass is 35.5. The Labute approximate surface area is 192 Å². The number of carbonyl (C=O) groups excluding carboxylic acids is 2. The van der Waals surface area contributed by atoms with E-state index in [1.165, 1.54) is 5.56 Å². The molecule has 1 aliphatic heterocycles. The van der Waals surface area contributed by atoms with Crippen LogP contribution in [-0.2, 0) is 16.0 Å². The van der Waals surface area contributed by atoms with E-state index in [2.05, 4.69) is 28.1 Å². The first-order valence-electron chi connectivity index (χ1n) is 10.1. The third-order valence-corrected chi connectivity index (χ3v) is 5.21. The van der Waals surface area contributed by atoms with E-state index in [0.29, 0.717) is 40.9 Å². The molecule has 8 heteroatoms. The predicted molar refractivity (Wildman–Crippen MR) is 122 cm³/mol. The van der Waals surface area contributed by atoms with Gasteiger partial charge in [-0.15, -0.1) is 11.6 Å². The highest BCUT2D eigenvalue weighted by molar-refractivity contribution is 6.30. The van der Waals surface area contributed by atoms with Crippen LogP contribution in [0.1, 0.15) is 23.6 Å². The number of aryl methyl sites for hydroxylation is 1. The van der Waals surface area contributed by atoms with E-state index in [1.807, 2.05) is 24.3 Å². The second kappa shape index (κ2) is 11.7. The van der Waals surface area contributed by atoms with Gasteiger partial charge in [0.15, 0.2) is 0 Å². The number of rotatable bonds is 10. The lowest BCUT2D eigenvalue weighted by molar-refractivity contribution is -0.118. The van der Waals surface area contributed by atoms with Crippen molar-refractivity contribution in [2.45, 2.75) is 18.9 Å². The van der Waals surface area contributed by atoms with Gasteiger partial charge in [0.25, 0.3) is 5.91 Å². The van der Waals surface area contributed by atoms with Crippen LogP contribution in [0.5, 0.6) is 0 Å². The van der Waals surface area contributed by atoms with Crippen LogP contribution in [0.15, 0.2) is 65.9 Å². The van der Waals surface area contributed by atoms with E-state index in [0.717, 1.165) is 12.8 Å². The largest absolute Gasteiger partial charge is 0.374 e. The predicted octanol–water partition coefficient (Wildman–Crippen LogP) is 3.95. The standard InChI is InChI=1S/C23H25Cl2N3O3/c24-11-13-31-15-19-20(22(29)26-12-5-8-16-6-2-1-3-7-16)21(28-23(30)27-19)17-9-4-10-18(25)14-17/h1-4,6-7,9-10,14,21H,5,8,11-13,15H2,(H,26,29)(H2,27,28,30). The lowest BCUT2D eigenvalue weighted by Crippen LogP contribution is -2.48. The minimum absolute atomic E-state index is 0.0734. The van der Waals surface area contributed by atoms with Crippen LogP contribution in [0.3, 0.4) is 0 Å². The normalized spacial score (nSPS) is 15.9. The number of amides is 3. The molecule has 0 bridgehead atoms. The van der Waals surface area contributed by atoms with Crippen molar-refractivity contribution in [1.29, 1.82) is 0 Å². The number of alkyl halides is 1. The molecule has 2 aromatic carbocycles. The summed E-state index contributed by atoms with van der Waals surface area (Å²) < 4.78 is 5.50. The number of halogens is 2. The molecule has 0 spiro atoms. The maximum Gasteiger partial charge on any atom is 0.319 e. The van der Waals surface area contributed by atoms with Crippen LogP contribution < -0.4 is 16.0 Å². The summed E-state index contributed by atoms with van der Waals surface area (Å²) in [4.78, 5) is 25.4. The topological polar surface area (TPSA) is 79.5 Å². The Kier molecular flexibility index (Phi) is 8.76. The molecule has 3 rings (SSSR count). The van der Waals surface area contributed by atoms with Gasteiger partial charge in [-0.2, -0.15) is 0 Å². The van der Waals surface area contributed by atoms with Crippen LogP contribution in [0.25, 0.3) is 0 Å². The number of carbonyl (C=O) groups is 2. The smallest absolute Gasteiger partial charge is 0.319 e. The Bertz CT molecular complexity index is 935. The van der Waals surface area contributed by atoms with Gasteiger partial charge in [-0.25, -0.2) is 4.79 Å². The maximum atomic E-state index is 13.2. The highest BCUT2D eigenvalue weighted by Gasteiger charge is 2.32. The Morgan fingerprint density at radius 1 is 1.13 bits per heavy atom. The summed E-state index contributed by atoms with van der Waals surface area (Å²) >= 11 is 11.8. The fraction of sp³-hybridized carbons (Fsp3) is 0.304. The summed E-state index contributed by atoms with van der Waals surface area (Å²) in [5, 5.41) is 9.01. The fourth-order valence-corrected chi connectivity index (χ4v) is 3.71. The van der Waals surface area contributed by atoms with Crippen molar-refractivity contribution >= 4 is 35.1 Å². The summed E-state index contributed by atoms with van der Waals surface area (Å²) in [5.74, 6) is 0.0492. The number of hydrogen-bond acceptors (Lipinski definition) is 3.